The van der Waals surface area contributed by atoms with Crippen molar-refractivity contribution in [2.45, 2.75) is 57.9 Å². The molecule has 0 saturated heterocycles. The van der Waals surface area contributed by atoms with Crippen LogP contribution in [-0.4, -0.2) is 17.8 Å². The third kappa shape index (κ3) is 8.02. The smallest absolute Gasteiger partial charge is 0.0445 e. The average molecular weight is 173 g/mol. The third-order valence-electron chi connectivity index (χ3n) is 2.18. The average Bonchev–Trinajstić information content (AvgIpc) is 2.05. The summed E-state index contributed by atoms with van der Waals surface area (Å²) < 4.78 is 0. The van der Waals surface area contributed by atoms with Crippen LogP contribution in [0.1, 0.15) is 51.9 Å². The Morgan fingerprint density at radius 2 is 1.75 bits per heavy atom. The molecule has 0 aromatic carbocycles. The first kappa shape index (κ1) is 11.9. The zero-order chi connectivity index (χ0) is 9.23. The molecule has 0 fully saturated rings. The molecule has 0 amide bonds. The van der Waals surface area contributed by atoms with Gasteiger partial charge in [0.2, 0.25) is 0 Å². The quantitative estimate of drug-likeness (QED) is 0.552. The molecule has 0 spiro atoms. The van der Waals surface area contributed by atoms with Crippen LogP contribution in [0.2, 0.25) is 0 Å². The molecule has 0 radical (unpaired) electrons. The molecule has 2 nitrogen and oxygen atoms in total. The van der Waals surface area contributed by atoms with Gasteiger partial charge in [-0.05, 0) is 12.8 Å². The Balaban J connectivity index is 2.97. The Hall–Kier alpha value is -0.0800. The summed E-state index contributed by atoms with van der Waals surface area (Å²) in [6, 6.07) is 0.219. The Morgan fingerprint density at radius 3 is 2.33 bits per heavy atom. The molecule has 0 aliphatic rings. The summed E-state index contributed by atoms with van der Waals surface area (Å²) in [4.78, 5) is 0. The maximum atomic E-state index is 8.60. The van der Waals surface area contributed by atoms with E-state index in [4.69, 9.17) is 10.8 Å². The SMILES string of the molecule is CCCCCCCC(N)CCO. The molecule has 0 aromatic rings. The van der Waals surface area contributed by atoms with E-state index in [-0.39, 0.29) is 12.6 Å². The van der Waals surface area contributed by atoms with Crippen LogP contribution in [0, 0.1) is 0 Å². The number of rotatable bonds is 8. The summed E-state index contributed by atoms with van der Waals surface area (Å²) in [5.74, 6) is 0. The monoisotopic (exact) mass is 173 g/mol. The molecular formula is C10H23NO. The van der Waals surface area contributed by atoms with Gasteiger partial charge in [-0.1, -0.05) is 39.0 Å². The predicted molar refractivity (Wildman–Crippen MR) is 53.1 cm³/mol. The van der Waals surface area contributed by atoms with Crippen LogP contribution in [0.3, 0.4) is 0 Å². The van der Waals surface area contributed by atoms with Gasteiger partial charge in [-0.2, -0.15) is 0 Å². The number of nitrogens with two attached hydrogens (primary N) is 1. The van der Waals surface area contributed by atoms with Crippen LogP contribution in [0.25, 0.3) is 0 Å². The lowest BCUT2D eigenvalue weighted by Crippen LogP contribution is -2.20. The van der Waals surface area contributed by atoms with Gasteiger partial charge in [-0.25, -0.2) is 0 Å². The maximum Gasteiger partial charge on any atom is 0.0445 e. The lowest BCUT2D eigenvalue weighted by Gasteiger charge is -2.08. The lowest BCUT2D eigenvalue weighted by molar-refractivity contribution is 0.271. The standard InChI is InChI=1S/C10H23NO/c1-2-3-4-5-6-7-10(11)8-9-12/h10,12H,2-9,11H2,1H3. The Morgan fingerprint density at radius 1 is 1.08 bits per heavy atom. The number of unbranched alkanes of at least 4 members (excludes halogenated alkanes) is 4. The summed E-state index contributed by atoms with van der Waals surface area (Å²) in [5, 5.41) is 8.60. The van der Waals surface area contributed by atoms with Crippen LogP contribution in [0.5, 0.6) is 0 Å². The minimum Gasteiger partial charge on any atom is -0.396 e. The number of aliphatic hydroxyl groups excluding tert-OH is 1. The molecular weight excluding hydrogens is 150 g/mol. The Bertz CT molecular complexity index is 85.9. The van der Waals surface area contributed by atoms with Crippen molar-refractivity contribution in [3.63, 3.8) is 0 Å². The zero-order valence-corrected chi connectivity index (χ0v) is 8.26. The van der Waals surface area contributed by atoms with Crippen molar-refractivity contribution in [2.75, 3.05) is 6.61 Å². The Labute approximate surface area is 76.2 Å². The van der Waals surface area contributed by atoms with Gasteiger partial charge < -0.3 is 10.8 Å². The van der Waals surface area contributed by atoms with Gasteiger partial charge in [0, 0.05) is 12.6 Å². The van der Waals surface area contributed by atoms with Crippen molar-refractivity contribution in [2.24, 2.45) is 5.73 Å². The van der Waals surface area contributed by atoms with Gasteiger partial charge in [-0.15, -0.1) is 0 Å². The molecule has 0 aliphatic carbocycles. The highest BCUT2D eigenvalue weighted by Crippen LogP contribution is 2.07. The third-order valence-corrected chi connectivity index (χ3v) is 2.18. The van der Waals surface area contributed by atoms with E-state index in [1.165, 1.54) is 32.1 Å². The van der Waals surface area contributed by atoms with E-state index in [1.807, 2.05) is 0 Å². The van der Waals surface area contributed by atoms with E-state index in [2.05, 4.69) is 6.92 Å². The van der Waals surface area contributed by atoms with Gasteiger partial charge in [0.1, 0.15) is 0 Å². The second-order valence-electron chi connectivity index (χ2n) is 3.48. The topological polar surface area (TPSA) is 46.2 Å². The zero-order valence-electron chi connectivity index (χ0n) is 8.26. The molecule has 12 heavy (non-hydrogen) atoms. The largest absolute Gasteiger partial charge is 0.396 e. The molecule has 0 aromatic heterocycles. The van der Waals surface area contributed by atoms with Gasteiger partial charge in [0.05, 0.1) is 0 Å². The van der Waals surface area contributed by atoms with Crippen LogP contribution in [0.15, 0.2) is 0 Å². The highest BCUT2D eigenvalue weighted by molar-refractivity contribution is 4.60. The summed E-state index contributed by atoms with van der Waals surface area (Å²) in [6.07, 6.45) is 8.33. The first-order valence-electron chi connectivity index (χ1n) is 5.17. The fourth-order valence-electron chi connectivity index (χ4n) is 1.32. The molecule has 1 atom stereocenters. The number of aliphatic hydroxyl groups is 1. The summed E-state index contributed by atoms with van der Waals surface area (Å²) in [7, 11) is 0. The summed E-state index contributed by atoms with van der Waals surface area (Å²) in [6.45, 7) is 2.45. The van der Waals surface area contributed by atoms with E-state index in [1.54, 1.807) is 0 Å². The van der Waals surface area contributed by atoms with E-state index in [9.17, 15) is 0 Å². The van der Waals surface area contributed by atoms with Crippen molar-refractivity contribution in [3.05, 3.63) is 0 Å². The second-order valence-corrected chi connectivity index (χ2v) is 3.48. The van der Waals surface area contributed by atoms with Crippen molar-refractivity contribution in [1.82, 2.24) is 0 Å². The molecule has 0 rings (SSSR count). The van der Waals surface area contributed by atoms with E-state index in [0.717, 1.165) is 12.8 Å². The molecule has 0 saturated carbocycles. The molecule has 3 N–H and O–H groups in total. The molecule has 1 unspecified atom stereocenters. The predicted octanol–water partition coefficient (Wildman–Crippen LogP) is 2.06. The molecule has 0 aliphatic heterocycles. The van der Waals surface area contributed by atoms with Crippen LogP contribution in [0.4, 0.5) is 0 Å². The first-order chi connectivity index (χ1) is 5.81. The molecule has 0 heterocycles. The highest BCUT2D eigenvalue weighted by Gasteiger charge is 1.99. The summed E-state index contributed by atoms with van der Waals surface area (Å²) >= 11 is 0. The number of hydrogen-bond acceptors (Lipinski definition) is 2. The first-order valence-corrected chi connectivity index (χ1v) is 5.17. The van der Waals surface area contributed by atoms with Gasteiger partial charge in [-0.3, -0.25) is 0 Å². The van der Waals surface area contributed by atoms with Gasteiger partial charge >= 0.3 is 0 Å². The second kappa shape index (κ2) is 9.01. The highest BCUT2D eigenvalue weighted by atomic mass is 16.3. The van der Waals surface area contributed by atoms with Crippen molar-refractivity contribution < 1.29 is 5.11 Å². The van der Waals surface area contributed by atoms with Crippen molar-refractivity contribution in [3.8, 4) is 0 Å². The van der Waals surface area contributed by atoms with Crippen LogP contribution < -0.4 is 5.73 Å². The van der Waals surface area contributed by atoms with Crippen molar-refractivity contribution in [1.29, 1.82) is 0 Å². The number of hydrogen-bond donors (Lipinski definition) is 2. The van der Waals surface area contributed by atoms with E-state index in [0.29, 0.717) is 0 Å². The molecule has 2 heteroatoms. The molecule has 74 valence electrons. The van der Waals surface area contributed by atoms with Crippen molar-refractivity contribution >= 4 is 0 Å². The van der Waals surface area contributed by atoms with Crippen LogP contribution >= 0.6 is 0 Å². The Kier molecular flexibility index (Phi) is 8.95. The molecule has 0 bridgehead atoms. The summed E-state index contributed by atoms with van der Waals surface area (Å²) in [5.41, 5.74) is 5.74. The fraction of sp³-hybridized carbons (Fsp3) is 1.00. The minimum atomic E-state index is 0.219. The van der Waals surface area contributed by atoms with E-state index < -0.39 is 0 Å². The fourth-order valence-corrected chi connectivity index (χ4v) is 1.32. The van der Waals surface area contributed by atoms with Crippen LogP contribution in [-0.2, 0) is 0 Å². The normalized spacial score (nSPS) is 13.2. The lowest BCUT2D eigenvalue weighted by atomic mass is 10.1. The van der Waals surface area contributed by atoms with Gasteiger partial charge in [0.15, 0.2) is 0 Å². The maximum absolute atomic E-state index is 8.60. The minimum absolute atomic E-state index is 0.219. The van der Waals surface area contributed by atoms with E-state index >= 15 is 0 Å². The van der Waals surface area contributed by atoms with Gasteiger partial charge in [0.25, 0.3) is 0 Å².